The van der Waals surface area contributed by atoms with Crippen LogP contribution in [0.2, 0.25) is 5.02 Å². The Balaban J connectivity index is 1.43. The van der Waals surface area contributed by atoms with E-state index >= 15 is 0 Å². The third-order valence-corrected chi connectivity index (χ3v) is 7.70. The van der Waals surface area contributed by atoms with Gasteiger partial charge in [-0.1, -0.05) is 36.9 Å². The van der Waals surface area contributed by atoms with E-state index in [1.165, 1.54) is 19.3 Å². The van der Waals surface area contributed by atoms with Gasteiger partial charge >= 0.3 is 0 Å². The molecular formula is C25H30ClFN6O. The molecule has 5 rings (SSSR count). The van der Waals surface area contributed by atoms with Crippen molar-refractivity contribution in [3.8, 4) is 5.95 Å². The van der Waals surface area contributed by atoms with E-state index in [4.69, 9.17) is 11.6 Å². The van der Waals surface area contributed by atoms with Gasteiger partial charge in [0, 0.05) is 49.8 Å². The number of carbonyl (C=O) groups excluding carboxylic acids is 1. The molecular weight excluding hydrogens is 455 g/mol. The molecule has 0 atom stereocenters. The first-order valence-corrected chi connectivity index (χ1v) is 12.3. The fourth-order valence-corrected chi connectivity index (χ4v) is 5.72. The van der Waals surface area contributed by atoms with Crippen molar-refractivity contribution in [2.24, 2.45) is 0 Å². The molecule has 2 fully saturated rings. The van der Waals surface area contributed by atoms with E-state index in [9.17, 15) is 9.18 Å². The summed E-state index contributed by atoms with van der Waals surface area (Å²) < 4.78 is 15.1. The van der Waals surface area contributed by atoms with Crippen LogP contribution in [0, 0.1) is 5.82 Å². The van der Waals surface area contributed by atoms with Crippen LogP contribution in [0.1, 0.15) is 42.5 Å². The van der Waals surface area contributed by atoms with E-state index in [-0.39, 0.29) is 17.4 Å². The smallest absolute Gasteiger partial charge is 0.253 e. The normalized spacial score (nSPS) is 19.4. The highest BCUT2D eigenvalue weighted by molar-refractivity contribution is 6.37. The van der Waals surface area contributed by atoms with Crippen molar-refractivity contribution >= 4 is 28.4 Å². The zero-order valence-electron chi connectivity index (χ0n) is 19.4. The molecule has 3 aromatic rings. The fraction of sp³-hybridized carbons (Fsp3) is 0.480. The SMILES string of the molecule is CN1CCN(C2(CNC(=O)c3cn(-c4ncc(F)cn4)c4cccc(Cl)c34)CCCCC2)CC1. The van der Waals surface area contributed by atoms with Crippen molar-refractivity contribution in [1.82, 2.24) is 29.7 Å². The molecule has 1 aromatic carbocycles. The minimum atomic E-state index is -0.516. The average molecular weight is 485 g/mol. The molecule has 34 heavy (non-hydrogen) atoms. The summed E-state index contributed by atoms with van der Waals surface area (Å²) >= 11 is 6.54. The van der Waals surface area contributed by atoms with E-state index in [1.54, 1.807) is 16.8 Å². The van der Waals surface area contributed by atoms with Crippen LogP contribution < -0.4 is 5.32 Å². The van der Waals surface area contributed by atoms with Gasteiger partial charge in [0.2, 0.25) is 5.95 Å². The number of carbonyl (C=O) groups is 1. The zero-order chi connectivity index (χ0) is 23.7. The standard InChI is InChI=1S/C25H30ClFN6O/c1-31-10-12-32(13-11-31)25(8-3-2-4-9-25)17-30-23(34)19-16-33(24-28-14-18(27)15-29-24)21-7-5-6-20(26)22(19)21/h5-7,14-16H,2-4,8-13,17H2,1H3,(H,30,34). The molecule has 1 saturated carbocycles. The molecule has 7 nitrogen and oxygen atoms in total. The maximum Gasteiger partial charge on any atom is 0.253 e. The molecule has 0 bridgehead atoms. The van der Waals surface area contributed by atoms with Crippen LogP contribution in [-0.2, 0) is 0 Å². The third-order valence-electron chi connectivity index (χ3n) is 7.38. The Morgan fingerprint density at radius 3 is 2.53 bits per heavy atom. The molecule has 1 amide bonds. The maximum absolute atomic E-state index is 13.5. The van der Waals surface area contributed by atoms with Gasteiger partial charge in [0.1, 0.15) is 0 Å². The molecule has 2 aliphatic rings. The fourth-order valence-electron chi connectivity index (χ4n) is 5.45. The summed E-state index contributed by atoms with van der Waals surface area (Å²) in [5, 5.41) is 4.37. The van der Waals surface area contributed by atoms with Gasteiger partial charge in [0.15, 0.2) is 5.82 Å². The first-order chi connectivity index (χ1) is 16.5. The largest absolute Gasteiger partial charge is 0.350 e. The molecule has 1 aliphatic heterocycles. The summed E-state index contributed by atoms with van der Waals surface area (Å²) in [7, 11) is 2.16. The summed E-state index contributed by atoms with van der Waals surface area (Å²) in [5.74, 6) is -0.398. The van der Waals surface area contributed by atoms with Gasteiger partial charge in [-0.2, -0.15) is 0 Å². The second kappa shape index (κ2) is 9.60. The highest BCUT2D eigenvalue weighted by Crippen LogP contribution is 2.35. The average Bonchev–Trinajstić information content (AvgIpc) is 3.25. The van der Waals surface area contributed by atoms with E-state index in [2.05, 4.69) is 32.1 Å². The number of nitrogens with zero attached hydrogens (tertiary/aromatic N) is 5. The van der Waals surface area contributed by atoms with Crippen molar-refractivity contribution in [3.63, 3.8) is 0 Å². The first kappa shape index (κ1) is 23.2. The van der Waals surface area contributed by atoms with Crippen molar-refractivity contribution in [1.29, 1.82) is 0 Å². The number of hydrogen-bond donors (Lipinski definition) is 1. The van der Waals surface area contributed by atoms with E-state index in [0.29, 0.717) is 28.0 Å². The van der Waals surface area contributed by atoms with Gasteiger partial charge < -0.3 is 10.2 Å². The Bertz CT molecular complexity index is 1170. The van der Waals surface area contributed by atoms with E-state index in [1.807, 2.05) is 12.1 Å². The van der Waals surface area contributed by atoms with Crippen molar-refractivity contribution in [2.45, 2.75) is 37.6 Å². The van der Waals surface area contributed by atoms with Gasteiger partial charge in [0.05, 0.1) is 28.5 Å². The number of amides is 1. The topological polar surface area (TPSA) is 66.3 Å². The molecule has 3 heterocycles. The summed E-state index contributed by atoms with van der Waals surface area (Å²) in [4.78, 5) is 26.7. The lowest BCUT2D eigenvalue weighted by Gasteiger charge is -2.49. The predicted molar refractivity (Wildman–Crippen MR) is 131 cm³/mol. The highest BCUT2D eigenvalue weighted by Gasteiger charge is 2.39. The van der Waals surface area contributed by atoms with E-state index < -0.39 is 5.82 Å². The van der Waals surface area contributed by atoms with Crippen LogP contribution in [0.4, 0.5) is 4.39 Å². The first-order valence-electron chi connectivity index (χ1n) is 12.0. The molecule has 1 saturated heterocycles. The molecule has 2 aromatic heterocycles. The zero-order valence-corrected chi connectivity index (χ0v) is 20.2. The predicted octanol–water partition coefficient (Wildman–Crippen LogP) is 3.89. The Morgan fingerprint density at radius 2 is 1.82 bits per heavy atom. The minimum absolute atomic E-state index is 0.00258. The van der Waals surface area contributed by atoms with Crippen LogP contribution >= 0.6 is 11.6 Å². The minimum Gasteiger partial charge on any atom is -0.350 e. The number of hydrogen-bond acceptors (Lipinski definition) is 5. The lowest BCUT2D eigenvalue weighted by molar-refractivity contribution is 0.0139. The van der Waals surface area contributed by atoms with Crippen molar-refractivity contribution < 1.29 is 9.18 Å². The quantitative estimate of drug-likeness (QED) is 0.595. The highest BCUT2D eigenvalue weighted by atomic mass is 35.5. The van der Waals surface area contributed by atoms with Crippen LogP contribution in [0.15, 0.2) is 36.8 Å². The molecule has 1 aliphatic carbocycles. The van der Waals surface area contributed by atoms with Crippen LogP contribution in [0.3, 0.4) is 0 Å². The van der Waals surface area contributed by atoms with Crippen molar-refractivity contribution in [3.05, 3.63) is 53.2 Å². The molecule has 0 radical (unpaired) electrons. The van der Waals surface area contributed by atoms with Crippen LogP contribution in [0.25, 0.3) is 16.9 Å². The summed E-state index contributed by atoms with van der Waals surface area (Å²) in [6.45, 7) is 4.77. The molecule has 180 valence electrons. The van der Waals surface area contributed by atoms with E-state index in [0.717, 1.165) is 51.4 Å². The van der Waals surface area contributed by atoms with Crippen LogP contribution in [0.5, 0.6) is 0 Å². The number of nitrogens with one attached hydrogen (secondary N) is 1. The second-order valence-corrected chi connectivity index (χ2v) is 9.91. The number of fused-ring (bicyclic) bond motifs is 1. The van der Waals surface area contributed by atoms with Gasteiger partial charge in [-0.3, -0.25) is 14.3 Å². The summed E-state index contributed by atoms with van der Waals surface area (Å²) in [6.07, 6.45) is 9.76. The lowest BCUT2D eigenvalue weighted by Crippen LogP contribution is -2.61. The molecule has 0 unspecified atom stereocenters. The Labute approximate surface area is 203 Å². The molecule has 1 N–H and O–H groups in total. The maximum atomic E-state index is 13.5. The van der Waals surface area contributed by atoms with Gasteiger partial charge in [-0.15, -0.1) is 0 Å². The van der Waals surface area contributed by atoms with Gasteiger partial charge in [-0.25, -0.2) is 14.4 Å². The van der Waals surface area contributed by atoms with Gasteiger partial charge in [-0.05, 0) is 32.0 Å². The molecule has 0 spiro atoms. The summed E-state index contributed by atoms with van der Waals surface area (Å²) in [6, 6.07) is 5.44. The van der Waals surface area contributed by atoms with Crippen LogP contribution in [-0.4, -0.2) is 75.6 Å². The van der Waals surface area contributed by atoms with Crippen molar-refractivity contribution in [2.75, 3.05) is 39.8 Å². The number of piperazine rings is 1. The number of aromatic nitrogens is 3. The Morgan fingerprint density at radius 1 is 1.12 bits per heavy atom. The third kappa shape index (κ3) is 4.42. The Hall–Kier alpha value is -2.55. The molecule has 9 heteroatoms. The number of benzene rings is 1. The monoisotopic (exact) mass is 484 g/mol. The Kier molecular flexibility index (Phi) is 6.55. The number of rotatable bonds is 5. The lowest BCUT2D eigenvalue weighted by atomic mass is 9.79. The van der Waals surface area contributed by atoms with Gasteiger partial charge in [0.25, 0.3) is 5.91 Å². The summed E-state index contributed by atoms with van der Waals surface area (Å²) in [5.41, 5.74) is 1.17. The second-order valence-electron chi connectivity index (χ2n) is 9.51. The number of likely N-dealkylation sites (N-methyl/N-ethyl adjacent to an activating group) is 1. The number of halogens is 2.